The van der Waals surface area contributed by atoms with Gasteiger partial charge in [-0.2, -0.15) is 0 Å². The number of nitrogens with zero attached hydrogens (tertiary/aromatic N) is 2. The number of nitrogens with one attached hydrogen (secondary N) is 1. The minimum atomic E-state index is -0.678. The van der Waals surface area contributed by atoms with Gasteiger partial charge in [-0.1, -0.05) is 23.5 Å². The van der Waals surface area contributed by atoms with Crippen LogP contribution in [0.25, 0.3) is 0 Å². The number of ether oxygens (including phenoxy) is 2. The maximum absolute atomic E-state index is 11.4. The summed E-state index contributed by atoms with van der Waals surface area (Å²) >= 11 is 2.72. The van der Waals surface area contributed by atoms with E-state index in [0.29, 0.717) is 9.47 Å². The molecule has 0 saturated carbocycles. The van der Waals surface area contributed by atoms with E-state index in [-0.39, 0.29) is 6.10 Å². The summed E-state index contributed by atoms with van der Waals surface area (Å²) in [5.74, 6) is 0. The third-order valence-electron chi connectivity index (χ3n) is 2.54. The first kappa shape index (κ1) is 17.6. The van der Waals surface area contributed by atoms with Crippen LogP contribution in [0.1, 0.15) is 26.3 Å². The molecule has 23 heavy (non-hydrogen) atoms. The van der Waals surface area contributed by atoms with E-state index in [1.165, 1.54) is 28.7 Å². The molecule has 0 unspecified atom stereocenters. The van der Waals surface area contributed by atoms with E-state index in [1.807, 2.05) is 31.2 Å². The van der Waals surface area contributed by atoms with Crippen LogP contribution in [0.5, 0.6) is 0 Å². The molecule has 8 heteroatoms. The van der Waals surface area contributed by atoms with Crippen molar-refractivity contribution in [3.05, 3.63) is 29.8 Å². The number of aryl methyl sites for hydroxylation is 1. The summed E-state index contributed by atoms with van der Waals surface area (Å²) < 4.78 is 10.8. The van der Waals surface area contributed by atoms with Gasteiger partial charge >= 0.3 is 6.16 Å². The molecule has 2 aromatic rings. The standard InChI is InChI=1S/C15H19N3O3S2/c1-9(2)20-15(19)21-11(4)22-14-18-17-13(23-14)16-12-7-5-6-10(3)8-12/h5-9,11H,1-4H3,(H,16,17)/t11-/m1/s1. The molecule has 1 aromatic heterocycles. The van der Waals surface area contributed by atoms with E-state index in [9.17, 15) is 4.79 Å². The number of anilines is 2. The summed E-state index contributed by atoms with van der Waals surface area (Å²) in [6.45, 7) is 7.34. The van der Waals surface area contributed by atoms with Gasteiger partial charge < -0.3 is 14.8 Å². The molecule has 1 atom stereocenters. The molecule has 0 saturated heterocycles. The minimum Gasteiger partial charge on any atom is -0.432 e. The third kappa shape index (κ3) is 6.07. The molecule has 0 bridgehead atoms. The van der Waals surface area contributed by atoms with Crippen molar-refractivity contribution in [1.82, 2.24) is 10.2 Å². The van der Waals surface area contributed by atoms with Crippen LogP contribution >= 0.6 is 23.1 Å². The Labute approximate surface area is 143 Å². The molecule has 0 aliphatic rings. The van der Waals surface area contributed by atoms with Crippen molar-refractivity contribution in [2.75, 3.05) is 5.32 Å². The van der Waals surface area contributed by atoms with Gasteiger partial charge in [0.1, 0.15) is 0 Å². The van der Waals surface area contributed by atoms with Crippen LogP contribution in [0.15, 0.2) is 28.6 Å². The van der Waals surface area contributed by atoms with E-state index in [0.717, 1.165) is 5.69 Å². The molecule has 2 rings (SSSR count). The van der Waals surface area contributed by atoms with Gasteiger partial charge in [-0.25, -0.2) is 4.79 Å². The van der Waals surface area contributed by atoms with Gasteiger partial charge in [0, 0.05) is 5.69 Å². The number of benzene rings is 1. The first-order valence-electron chi connectivity index (χ1n) is 7.13. The maximum Gasteiger partial charge on any atom is 0.509 e. The molecular formula is C15H19N3O3S2. The van der Waals surface area contributed by atoms with Gasteiger partial charge in [0.25, 0.3) is 0 Å². The van der Waals surface area contributed by atoms with Crippen LogP contribution in [0.4, 0.5) is 15.6 Å². The van der Waals surface area contributed by atoms with Crippen molar-refractivity contribution in [2.45, 2.75) is 43.6 Å². The quantitative estimate of drug-likeness (QED) is 0.462. The van der Waals surface area contributed by atoms with Gasteiger partial charge in [0.2, 0.25) is 5.13 Å². The van der Waals surface area contributed by atoms with Gasteiger partial charge in [0.15, 0.2) is 9.78 Å². The van der Waals surface area contributed by atoms with Gasteiger partial charge in [0.05, 0.1) is 6.10 Å². The molecule has 0 aliphatic carbocycles. The lowest BCUT2D eigenvalue weighted by Crippen LogP contribution is -2.17. The van der Waals surface area contributed by atoms with Crippen LogP contribution in [0.3, 0.4) is 0 Å². The van der Waals surface area contributed by atoms with Crippen molar-refractivity contribution in [3.63, 3.8) is 0 Å². The van der Waals surface area contributed by atoms with Crippen molar-refractivity contribution in [3.8, 4) is 0 Å². The average molecular weight is 353 g/mol. The fraction of sp³-hybridized carbons (Fsp3) is 0.400. The number of carbonyl (C=O) groups excluding carboxylic acids is 1. The molecule has 0 fully saturated rings. The van der Waals surface area contributed by atoms with E-state index < -0.39 is 11.6 Å². The van der Waals surface area contributed by atoms with Crippen molar-refractivity contribution in [2.24, 2.45) is 0 Å². The highest BCUT2D eigenvalue weighted by Gasteiger charge is 2.16. The first-order chi connectivity index (χ1) is 10.9. The highest BCUT2D eigenvalue weighted by molar-refractivity contribution is 8.01. The predicted octanol–water partition coefficient (Wildman–Crippen LogP) is 4.59. The molecule has 1 N–H and O–H groups in total. The fourth-order valence-electron chi connectivity index (χ4n) is 1.68. The van der Waals surface area contributed by atoms with E-state index >= 15 is 0 Å². The smallest absolute Gasteiger partial charge is 0.432 e. The number of hydrogen-bond acceptors (Lipinski definition) is 8. The zero-order valence-electron chi connectivity index (χ0n) is 13.4. The normalized spacial score (nSPS) is 12.0. The second kappa shape index (κ2) is 8.16. The fourth-order valence-corrected chi connectivity index (χ4v) is 3.51. The second-order valence-corrected chi connectivity index (χ2v) is 7.61. The summed E-state index contributed by atoms with van der Waals surface area (Å²) in [5, 5.41) is 12.1. The molecule has 1 heterocycles. The zero-order valence-corrected chi connectivity index (χ0v) is 15.0. The van der Waals surface area contributed by atoms with Crippen molar-refractivity contribution < 1.29 is 14.3 Å². The van der Waals surface area contributed by atoms with E-state index in [1.54, 1.807) is 20.8 Å². The number of thioether (sulfide) groups is 1. The summed E-state index contributed by atoms with van der Waals surface area (Å²) in [6.07, 6.45) is -0.881. The summed E-state index contributed by atoms with van der Waals surface area (Å²) in [7, 11) is 0. The van der Waals surface area contributed by atoms with Crippen molar-refractivity contribution >= 4 is 40.1 Å². The Kier molecular flexibility index (Phi) is 6.23. The lowest BCUT2D eigenvalue weighted by atomic mass is 10.2. The summed E-state index contributed by atoms with van der Waals surface area (Å²) in [6, 6.07) is 8.00. The Balaban J connectivity index is 1.88. The van der Waals surface area contributed by atoms with Crippen LogP contribution in [0.2, 0.25) is 0 Å². The monoisotopic (exact) mass is 353 g/mol. The Bertz CT molecular complexity index is 661. The highest BCUT2D eigenvalue weighted by atomic mass is 32.2. The SMILES string of the molecule is Cc1cccc(Nc2nnc(S[C@H](C)OC(=O)OC(C)C)s2)c1. The second-order valence-electron chi connectivity index (χ2n) is 5.09. The van der Waals surface area contributed by atoms with Gasteiger partial charge in [-0.3, -0.25) is 0 Å². The minimum absolute atomic E-state index is 0.202. The Morgan fingerprint density at radius 2 is 2.04 bits per heavy atom. The van der Waals surface area contributed by atoms with Gasteiger partial charge in [-0.15, -0.1) is 10.2 Å². The van der Waals surface area contributed by atoms with Crippen LogP contribution < -0.4 is 5.32 Å². The van der Waals surface area contributed by atoms with Crippen molar-refractivity contribution in [1.29, 1.82) is 0 Å². The molecule has 0 aliphatic heterocycles. The number of rotatable bonds is 6. The number of aromatic nitrogens is 2. The first-order valence-corrected chi connectivity index (χ1v) is 8.83. The largest absolute Gasteiger partial charge is 0.509 e. The molecular weight excluding hydrogens is 334 g/mol. The highest BCUT2D eigenvalue weighted by Crippen LogP contribution is 2.31. The van der Waals surface area contributed by atoms with Gasteiger partial charge in [-0.05, 0) is 57.2 Å². The molecule has 6 nitrogen and oxygen atoms in total. The third-order valence-corrected chi connectivity index (χ3v) is 4.42. The van der Waals surface area contributed by atoms with E-state index in [2.05, 4.69) is 15.5 Å². The zero-order chi connectivity index (χ0) is 16.8. The van der Waals surface area contributed by atoms with Crippen LogP contribution in [-0.4, -0.2) is 27.9 Å². The molecule has 0 radical (unpaired) electrons. The summed E-state index contributed by atoms with van der Waals surface area (Å²) in [5.41, 5.74) is 1.73. The summed E-state index contributed by atoms with van der Waals surface area (Å²) in [4.78, 5) is 11.4. The Morgan fingerprint density at radius 3 is 2.74 bits per heavy atom. The topological polar surface area (TPSA) is 73.3 Å². The lowest BCUT2D eigenvalue weighted by Gasteiger charge is -2.12. The molecule has 0 spiro atoms. The number of carbonyl (C=O) groups is 1. The average Bonchev–Trinajstić information content (AvgIpc) is 2.84. The Hall–Kier alpha value is -1.80. The molecule has 0 amide bonds. The Morgan fingerprint density at radius 1 is 1.26 bits per heavy atom. The number of hydrogen-bond donors (Lipinski definition) is 1. The van der Waals surface area contributed by atoms with Crippen LogP contribution in [-0.2, 0) is 9.47 Å². The van der Waals surface area contributed by atoms with Crippen LogP contribution in [0, 0.1) is 6.92 Å². The molecule has 124 valence electrons. The molecule has 1 aromatic carbocycles. The maximum atomic E-state index is 11.4. The van der Waals surface area contributed by atoms with E-state index in [4.69, 9.17) is 9.47 Å². The lowest BCUT2D eigenvalue weighted by molar-refractivity contribution is 0.0312. The predicted molar refractivity (Wildman–Crippen MR) is 92.4 cm³/mol.